The molecule has 1 aliphatic rings. The maximum absolute atomic E-state index is 9.28. The highest BCUT2D eigenvalue weighted by Crippen LogP contribution is 2.20. The molecule has 1 heterocycles. The summed E-state index contributed by atoms with van der Waals surface area (Å²) in [5.41, 5.74) is 0. The molecule has 0 bridgehead atoms. The molecule has 1 N–H and O–H groups in total. The van der Waals surface area contributed by atoms with E-state index in [9.17, 15) is 5.11 Å². The minimum Gasteiger partial charge on any atom is -0.395 e. The summed E-state index contributed by atoms with van der Waals surface area (Å²) in [7, 11) is 0. The summed E-state index contributed by atoms with van der Waals surface area (Å²) in [4.78, 5) is 5.07. The van der Waals surface area contributed by atoms with Crippen LogP contribution in [0.4, 0.5) is 0 Å². The molecular formula is C28H58N2O. The van der Waals surface area contributed by atoms with Crippen LogP contribution in [0, 0.1) is 0 Å². The van der Waals surface area contributed by atoms with Gasteiger partial charge in [-0.15, -0.1) is 0 Å². The van der Waals surface area contributed by atoms with Gasteiger partial charge in [-0.1, -0.05) is 136 Å². The van der Waals surface area contributed by atoms with Gasteiger partial charge in [-0.3, -0.25) is 9.80 Å². The monoisotopic (exact) mass is 438 g/mol. The van der Waals surface area contributed by atoms with Crippen LogP contribution in [-0.4, -0.2) is 53.9 Å². The van der Waals surface area contributed by atoms with E-state index in [1.807, 2.05) is 0 Å². The lowest BCUT2D eigenvalue weighted by Gasteiger charge is -2.29. The Bertz CT molecular complexity index is 363. The summed E-state index contributed by atoms with van der Waals surface area (Å²) in [6, 6.07) is 0. The van der Waals surface area contributed by atoms with Crippen molar-refractivity contribution in [2.24, 2.45) is 0 Å². The van der Waals surface area contributed by atoms with Crippen molar-refractivity contribution in [2.75, 3.05) is 32.8 Å². The highest BCUT2D eigenvalue weighted by atomic mass is 16.3. The van der Waals surface area contributed by atoms with E-state index in [-0.39, 0.29) is 0 Å². The highest BCUT2D eigenvalue weighted by molar-refractivity contribution is 4.80. The number of unbranched alkanes of at least 4 members (excludes halogenated alkanes) is 18. The van der Waals surface area contributed by atoms with Gasteiger partial charge < -0.3 is 5.11 Å². The van der Waals surface area contributed by atoms with Gasteiger partial charge in [-0.2, -0.15) is 0 Å². The van der Waals surface area contributed by atoms with E-state index in [1.54, 1.807) is 0 Å². The molecule has 3 heteroatoms. The number of hydrogen-bond acceptors (Lipinski definition) is 3. The topological polar surface area (TPSA) is 26.7 Å². The second-order valence-corrected chi connectivity index (χ2v) is 10.0. The third kappa shape index (κ3) is 15.4. The Balaban J connectivity index is 1.79. The summed E-state index contributed by atoms with van der Waals surface area (Å²) in [6.07, 6.45) is 29.3. The first-order chi connectivity index (χ1) is 15.3. The van der Waals surface area contributed by atoms with Crippen LogP contribution in [0.1, 0.15) is 142 Å². The fourth-order valence-electron chi connectivity index (χ4n) is 5.31. The number of aliphatic hydroxyl groups excluding tert-OH is 1. The van der Waals surface area contributed by atoms with E-state index >= 15 is 0 Å². The number of nitrogens with zero attached hydrogens (tertiary/aromatic N) is 2. The molecule has 0 radical (unpaired) electrons. The largest absolute Gasteiger partial charge is 0.395 e. The fraction of sp³-hybridized carbons (Fsp3) is 1.00. The summed E-state index contributed by atoms with van der Waals surface area (Å²) >= 11 is 0. The second kappa shape index (κ2) is 21.7. The van der Waals surface area contributed by atoms with Crippen molar-refractivity contribution in [1.82, 2.24) is 9.80 Å². The molecule has 0 spiro atoms. The molecule has 1 rings (SSSR count). The van der Waals surface area contributed by atoms with E-state index in [0.717, 1.165) is 19.6 Å². The van der Waals surface area contributed by atoms with Crippen LogP contribution in [-0.2, 0) is 0 Å². The second-order valence-electron chi connectivity index (χ2n) is 10.0. The fourth-order valence-corrected chi connectivity index (χ4v) is 5.31. The average molecular weight is 439 g/mol. The third-order valence-electron chi connectivity index (χ3n) is 7.38. The molecule has 3 nitrogen and oxygen atoms in total. The van der Waals surface area contributed by atoms with Crippen LogP contribution in [0.3, 0.4) is 0 Å². The summed E-state index contributed by atoms with van der Waals surface area (Å²) in [5, 5.41) is 9.28. The normalized spacial score (nSPS) is 17.7. The van der Waals surface area contributed by atoms with Crippen molar-refractivity contribution in [2.45, 2.75) is 148 Å². The van der Waals surface area contributed by atoms with Gasteiger partial charge in [-0.25, -0.2) is 0 Å². The Kier molecular flexibility index (Phi) is 20.2. The number of aliphatic hydroxyl groups is 1. The molecule has 1 saturated heterocycles. The standard InChI is InChI=1S/C28H58N2O/c1-3-5-6-7-8-9-10-11-12-13-14-15-16-17-18-19-20-21-22-23-28-29(4-2)24-25-30(28)26-27-31/h28,31H,3-27H2,1-2H3. The smallest absolute Gasteiger partial charge is 0.0624 e. The van der Waals surface area contributed by atoms with Crippen molar-refractivity contribution in [1.29, 1.82) is 0 Å². The highest BCUT2D eigenvalue weighted by Gasteiger charge is 2.29. The molecule has 31 heavy (non-hydrogen) atoms. The minimum absolute atomic E-state index is 0.299. The van der Waals surface area contributed by atoms with Crippen molar-refractivity contribution in [3.63, 3.8) is 0 Å². The number of likely N-dealkylation sites (N-methyl/N-ethyl adjacent to an activating group) is 1. The molecule has 0 saturated carbocycles. The quantitative estimate of drug-likeness (QED) is 0.165. The summed E-state index contributed by atoms with van der Waals surface area (Å²) in [5.74, 6) is 0. The molecule has 0 aromatic rings. The third-order valence-corrected chi connectivity index (χ3v) is 7.38. The van der Waals surface area contributed by atoms with Crippen molar-refractivity contribution < 1.29 is 5.11 Å². The average Bonchev–Trinajstić information content (AvgIpc) is 3.17. The molecule has 0 aromatic heterocycles. The lowest BCUT2D eigenvalue weighted by Crippen LogP contribution is -2.39. The van der Waals surface area contributed by atoms with E-state index < -0.39 is 0 Å². The first-order valence-corrected chi connectivity index (χ1v) is 14.4. The Morgan fingerprint density at radius 1 is 0.548 bits per heavy atom. The zero-order chi connectivity index (χ0) is 22.4. The van der Waals surface area contributed by atoms with E-state index in [0.29, 0.717) is 12.8 Å². The van der Waals surface area contributed by atoms with Gasteiger partial charge in [0.05, 0.1) is 12.8 Å². The molecule has 1 atom stereocenters. The number of rotatable bonds is 23. The SMILES string of the molecule is CCCCCCCCCCCCCCCCCCCCCC1N(CC)CCN1CCO. The number of hydrogen-bond donors (Lipinski definition) is 1. The predicted molar refractivity (Wildman–Crippen MR) is 138 cm³/mol. The molecule has 0 amide bonds. The van der Waals surface area contributed by atoms with Crippen LogP contribution in [0.2, 0.25) is 0 Å². The Labute approximate surface area is 196 Å². The van der Waals surface area contributed by atoms with Gasteiger partial charge in [0.25, 0.3) is 0 Å². The molecule has 186 valence electrons. The lowest BCUT2D eigenvalue weighted by molar-refractivity contribution is 0.108. The van der Waals surface area contributed by atoms with Gasteiger partial charge in [-0.05, 0) is 13.0 Å². The molecule has 1 fully saturated rings. The van der Waals surface area contributed by atoms with Gasteiger partial charge in [0, 0.05) is 19.6 Å². The Morgan fingerprint density at radius 3 is 1.32 bits per heavy atom. The molecule has 1 aliphatic heterocycles. The lowest BCUT2D eigenvalue weighted by atomic mass is 10.0. The van der Waals surface area contributed by atoms with E-state index in [1.165, 1.54) is 135 Å². The van der Waals surface area contributed by atoms with Crippen LogP contribution < -0.4 is 0 Å². The maximum atomic E-state index is 9.28. The Morgan fingerprint density at radius 2 is 0.935 bits per heavy atom. The zero-order valence-electron chi connectivity index (χ0n) is 21.6. The summed E-state index contributed by atoms with van der Waals surface area (Å²) in [6.45, 7) is 9.18. The number of β-amino-alcohol motifs (C(OH)–C–C–N with tert-alkyl or cyclic N) is 1. The molecule has 0 aromatic carbocycles. The first-order valence-electron chi connectivity index (χ1n) is 14.4. The Hall–Kier alpha value is -0.120. The van der Waals surface area contributed by atoms with Crippen LogP contribution in [0.5, 0.6) is 0 Å². The van der Waals surface area contributed by atoms with E-state index in [4.69, 9.17) is 0 Å². The van der Waals surface area contributed by atoms with E-state index in [2.05, 4.69) is 23.6 Å². The van der Waals surface area contributed by atoms with Crippen molar-refractivity contribution in [3.8, 4) is 0 Å². The maximum Gasteiger partial charge on any atom is 0.0624 e. The minimum atomic E-state index is 0.299. The van der Waals surface area contributed by atoms with Gasteiger partial charge in [0.1, 0.15) is 0 Å². The van der Waals surface area contributed by atoms with Gasteiger partial charge in [0.15, 0.2) is 0 Å². The molecular weight excluding hydrogens is 380 g/mol. The molecule has 0 aliphatic carbocycles. The predicted octanol–water partition coefficient (Wildman–Crippen LogP) is 7.76. The van der Waals surface area contributed by atoms with Crippen LogP contribution >= 0.6 is 0 Å². The van der Waals surface area contributed by atoms with Gasteiger partial charge in [0.2, 0.25) is 0 Å². The molecule has 1 unspecified atom stereocenters. The van der Waals surface area contributed by atoms with Crippen molar-refractivity contribution in [3.05, 3.63) is 0 Å². The summed E-state index contributed by atoms with van der Waals surface area (Å²) < 4.78 is 0. The first kappa shape index (κ1) is 28.9. The van der Waals surface area contributed by atoms with Crippen LogP contribution in [0.25, 0.3) is 0 Å². The van der Waals surface area contributed by atoms with Gasteiger partial charge >= 0.3 is 0 Å². The van der Waals surface area contributed by atoms with Crippen LogP contribution in [0.15, 0.2) is 0 Å². The van der Waals surface area contributed by atoms with Crippen molar-refractivity contribution >= 4 is 0 Å². The zero-order valence-corrected chi connectivity index (χ0v) is 21.6.